The number of hydrogen-bond acceptors (Lipinski definition) is 4. The summed E-state index contributed by atoms with van der Waals surface area (Å²) in [6.45, 7) is 4.71. The van der Waals surface area contributed by atoms with Crippen LogP contribution in [0.15, 0.2) is 0 Å². The fourth-order valence-electron chi connectivity index (χ4n) is 3.01. The zero-order valence-corrected chi connectivity index (χ0v) is 11.5. The van der Waals surface area contributed by atoms with Crippen molar-refractivity contribution in [3.05, 3.63) is 0 Å². The van der Waals surface area contributed by atoms with Crippen LogP contribution in [-0.2, 0) is 4.79 Å². The van der Waals surface area contributed by atoms with Crippen molar-refractivity contribution >= 4 is 5.91 Å². The Morgan fingerprint density at radius 1 is 1.42 bits per heavy atom. The molecule has 2 aliphatic heterocycles. The fourth-order valence-corrected chi connectivity index (χ4v) is 3.01. The van der Waals surface area contributed by atoms with Gasteiger partial charge in [-0.1, -0.05) is 0 Å². The summed E-state index contributed by atoms with van der Waals surface area (Å²) in [5.74, 6) is 0.699. The SMILES string of the molecule is N#CCCN1CCCC(CNC(=O)C2CCCN2)C1. The van der Waals surface area contributed by atoms with Crippen LogP contribution >= 0.6 is 0 Å². The lowest BCUT2D eigenvalue weighted by Gasteiger charge is -2.32. The average Bonchev–Trinajstić information content (AvgIpc) is 2.97. The summed E-state index contributed by atoms with van der Waals surface area (Å²) in [6, 6.07) is 2.22. The number of nitrogens with zero attached hydrogens (tertiary/aromatic N) is 2. The average molecular weight is 264 g/mol. The molecule has 0 aromatic heterocycles. The van der Waals surface area contributed by atoms with Crippen molar-refractivity contribution < 1.29 is 4.79 Å². The van der Waals surface area contributed by atoms with Crippen LogP contribution in [0.1, 0.15) is 32.1 Å². The first kappa shape index (κ1) is 14.3. The quantitative estimate of drug-likeness (QED) is 0.758. The highest BCUT2D eigenvalue weighted by Crippen LogP contribution is 2.16. The van der Waals surface area contributed by atoms with E-state index in [0.717, 1.165) is 45.6 Å². The minimum atomic E-state index is 0.0262. The molecule has 0 bridgehead atoms. The van der Waals surface area contributed by atoms with Gasteiger partial charge in [0, 0.05) is 26.1 Å². The minimum absolute atomic E-state index is 0.0262. The molecular formula is C14H24N4O. The Bertz CT molecular complexity index is 333. The van der Waals surface area contributed by atoms with Gasteiger partial charge in [-0.15, -0.1) is 0 Å². The molecule has 1 amide bonds. The standard InChI is InChI=1S/C14H24N4O/c15-6-3-9-18-8-2-4-12(11-18)10-17-14(19)13-5-1-7-16-13/h12-13,16H,1-5,7-11H2,(H,17,19). The third kappa shape index (κ3) is 4.48. The number of nitriles is 1. The van der Waals surface area contributed by atoms with Gasteiger partial charge in [0.05, 0.1) is 12.1 Å². The van der Waals surface area contributed by atoms with Crippen molar-refractivity contribution in [3.63, 3.8) is 0 Å². The fraction of sp³-hybridized carbons (Fsp3) is 0.857. The molecule has 0 aromatic rings. The molecule has 19 heavy (non-hydrogen) atoms. The molecule has 0 aromatic carbocycles. The van der Waals surface area contributed by atoms with Crippen LogP contribution in [0, 0.1) is 17.2 Å². The monoisotopic (exact) mass is 264 g/mol. The summed E-state index contributed by atoms with van der Waals surface area (Å²) in [6.07, 6.45) is 5.02. The van der Waals surface area contributed by atoms with Crippen molar-refractivity contribution in [1.82, 2.24) is 15.5 Å². The van der Waals surface area contributed by atoms with Crippen LogP contribution in [0.5, 0.6) is 0 Å². The molecule has 2 atom stereocenters. The Morgan fingerprint density at radius 3 is 3.05 bits per heavy atom. The maximum absolute atomic E-state index is 11.9. The van der Waals surface area contributed by atoms with Crippen LogP contribution in [0.2, 0.25) is 0 Å². The number of likely N-dealkylation sites (tertiary alicyclic amines) is 1. The van der Waals surface area contributed by atoms with Gasteiger partial charge in [-0.25, -0.2) is 0 Å². The van der Waals surface area contributed by atoms with Gasteiger partial charge in [0.1, 0.15) is 0 Å². The second-order valence-corrected chi connectivity index (χ2v) is 5.61. The summed E-state index contributed by atoms with van der Waals surface area (Å²) >= 11 is 0. The highest BCUT2D eigenvalue weighted by atomic mass is 16.2. The Morgan fingerprint density at radius 2 is 2.32 bits per heavy atom. The van der Waals surface area contributed by atoms with E-state index in [-0.39, 0.29) is 11.9 Å². The van der Waals surface area contributed by atoms with Gasteiger partial charge in [0.2, 0.25) is 5.91 Å². The highest BCUT2D eigenvalue weighted by Gasteiger charge is 2.24. The summed E-state index contributed by atoms with van der Waals surface area (Å²) in [4.78, 5) is 14.3. The second-order valence-electron chi connectivity index (χ2n) is 5.61. The topological polar surface area (TPSA) is 68.2 Å². The molecule has 2 fully saturated rings. The van der Waals surface area contributed by atoms with E-state index in [1.54, 1.807) is 0 Å². The van der Waals surface area contributed by atoms with E-state index in [0.29, 0.717) is 12.3 Å². The first-order valence-electron chi connectivity index (χ1n) is 7.40. The van der Waals surface area contributed by atoms with E-state index in [1.807, 2.05) is 0 Å². The van der Waals surface area contributed by atoms with Crippen molar-refractivity contribution in [1.29, 1.82) is 5.26 Å². The molecule has 2 N–H and O–H groups in total. The molecule has 5 heteroatoms. The van der Waals surface area contributed by atoms with E-state index in [4.69, 9.17) is 5.26 Å². The number of hydrogen-bond donors (Lipinski definition) is 2. The van der Waals surface area contributed by atoms with Gasteiger partial charge in [-0.3, -0.25) is 4.79 Å². The first-order valence-corrected chi connectivity index (χ1v) is 7.40. The molecule has 2 unspecified atom stereocenters. The van der Waals surface area contributed by atoms with Crippen LogP contribution in [-0.4, -0.2) is 49.6 Å². The normalized spacial score (nSPS) is 27.9. The predicted molar refractivity (Wildman–Crippen MR) is 73.4 cm³/mol. The summed E-state index contributed by atoms with van der Waals surface area (Å²) in [7, 11) is 0. The smallest absolute Gasteiger partial charge is 0.237 e. The molecule has 5 nitrogen and oxygen atoms in total. The lowest BCUT2D eigenvalue weighted by Crippen LogP contribution is -2.45. The lowest BCUT2D eigenvalue weighted by molar-refractivity contribution is -0.123. The number of amides is 1. The van der Waals surface area contributed by atoms with Crippen LogP contribution in [0.4, 0.5) is 0 Å². The molecule has 2 saturated heterocycles. The summed E-state index contributed by atoms with van der Waals surface area (Å²) < 4.78 is 0. The van der Waals surface area contributed by atoms with Crippen LogP contribution < -0.4 is 10.6 Å². The summed E-state index contributed by atoms with van der Waals surface area (Å²) in [5.41, 5.74) is 0. The third-order valence-electron chi connectivity index (χ3n) is 4.08. The number of carbonyl (C=O) groups excluding carboxylic acids is 1. The van der Waals surface area contributed by atoms with Gasteiger partial charge in [0.25, 0.3) is 0 Å². The summed E-state index contributed by atoms with van der Waals surface area (Å²) in [5, 5.41) is 14.9. The molecule has 0 radical (unpaired) electrons. The lowest BCUT2D eigenvalue weighted by atomic mass is 9.97. The Kier molecular flexibility index (Phi) is 5.62. The van der Waals surface area contributed by atoms with Gasteiger partial charge >= 0.3 is 0 Å². The van der Waals surface area contributed by atoms with Gasteiger partial charge < -0.3 is 15.5 Å². The number of piperidine rings is 1. The van der Waals surface area contributed by atoms with E-state index >= 15 is 0 Å². The molecular weight excluding hydrogens is 240 g/mol. The second kappa shape index (κ2) is 7.46. The van der Waals surface area contributed by atoms with E-state index in [9.17, 15) is 4.79 Å². The molecule has 0 saturated carbocycles. The maximum atomic E-state index is 11.9. The Balaban J connectivity index is 1.67. The van der Waals surface area contributed by atoms with Gasteiger partial charge in [0.15, 0.2) is 0 Å². The molecule has 0 aliphatic carbocycles. The minimum Gasteiger partial charge on any atom is -0.354 e. The van der Waals surface area contributed by atoms with Crippen molar-refractivity contribution in [2.45, 2.75) is 38.1 Å². The maximum Gasteiger partial charge on any atom is 0.237 e. The number of nitrogens with one attached hydrogen (secondary N) is 2. The highest BCUT2D eigenvalue weighted by molar-refractivity contribution is 5.81. The Hall–Kier alpha value is -1.12. The molecule has 2 heterocycles. The molecule has 2 aliphatic rings. The Labute approximate surface area is 115 Å². The zero-order chi connectivity index (χ0) is 13.5. The van der Waals surface area contributed by atoms with E-state index in [2.05, 4.69) is 21.6 Å². The molecule has 106 valence electrons. The number of carbonyl (C=O) groups is 1. The molecule has 2 rings (SSSR count). The van der Waals surface area contributed by atoms with Gasteiger partial charge in [-0.05, 0) is 44.7 Å². The van der Waals surface area contributed by atoms with Gasteiger partial charge in [-0.2, -0.15) is 5.26 Å². The first-order chi connectivity index (χ1) is 9.29. The van der Waals surface area contributed by atoms with Crippen LogP contribution in [0.25, 0.3) is 0 Å². The predicted octanol–water partition coefficient (Wildman–Crippen LogP) is 0.480. The van der Waals surface area contributed by atoms with Crippen molar-refractivity contribution in [3.8, 4) is 6.07 Å². The molecule has 0 spiro atoms. The zero-order valence-electron chi connectivity index (χ0n) is 11.5. The van der Waals surface area contributed by atoms with Crippen molar-refractivity contribution in [2.24, 2.45) is 5.92 Å². The van der Waals surface area contributed by atoms with Crippen molar-refractivity contribution in [2.75, 3.05) is 32.7 Å². The van der Waals surface area contributed by atoms with Crippen LogP contribution in [0.3, 0.4) is 0 Å². The van der Waals surface area contributed by atoms with E-state index < -0.39 is 0 Å². The third-order valence-corrected chi connectivity index (χ3v) is 4.08. The largest absolute Gasteiger partial charge is 0.354 e. The number of rotatable bonds is 5. The van der Waals surface area contributed by atoms with E-state index in [1.165, 1.54) is 12.8 Å².